The van der Waals surface area contributed by atoms with Gasteiger partial charge in [-0.3, -0.25) is 0 Å². The molecule has 266 valence electrons. The van der Waals surface area contributed by atoms with Gasteiger partial charge in [0.2, 0.25) is 0 Å². The molecule has 3 heterocycles. The first kappa shape index (κ1) is 31.7. The van der Waals surface area contributed by atoms with Gasteiger partial charge < -0.3 is 13.6 Å². The molecule has 0 N–H and O–H groups in total. The minimum atomic E-state index is 0.858. The number of fused-ring (bicyclic) bond motifs is 9. The standard InChI is InChI=1S/C54H34N2O/c1-2-13-35(14-3-1)36-25-27-37(28-26-36)38-15-12-16-39(33-38)40-29-32-52-45(34-40)53-50(55-46-21-8-4-17-41(46)42-18-5-9-22-47(42)55)30-31-51(54(53)57-52)56-48-23-10-6-19-43(48)44-20-7-11-24-49(44)56/h1-34H. The summed E-state index contributed by atoms with van der Waals surface area (Å²) in [6.45, 7) is 0. The first-order chi connectivity index (χ1) is 28.3. The van der Waals surface area contributed by atoms with Crippen LogP contribution in [0.4, 0.5) is 0 Å². The summed E-state index contributed by atoms with van der Waals surface area (Å²) in [5.74, 6) is 0. The van der Waals surface area contributed by atoms with Crippen molar-refractivity contribution in [3.63, 3.8) is 0 Å². The number of rotatable bonds is 5. The molecule has 57 heavy (non-hydrogen) atoms. The minimum Gasteiger partial charge on any atom is -0.454 e. The van der Waals surface area contributed by atoms with Crippen LogP contribution in [0.15, 0.2) is 211 Å². The van der Waals surface area contributed by atoms with Crippen LogP contribution in [-0.4, -0.2) is 9.13 Å². The van der Waals surface area contributed by atoms with E-state index in [0.29, 0.717) is 0 Å². The molecule has 0 aliphatic carbocycles. The highest BCUT2D eigenvalue weighted by Gasteiger charge is 2.23. The molecule has 3 heteroatoms. The number of para-hydroxylation sites is 4. The zero-order chi connectivity index (χ0) is 37.5. The summed E-state index contributed by atoms with van der Waals surface area (Å²) in [4.78, 5) is 0. The first-order valence-corrected chi connectivity index (χ1v) is 19.5. The third-order valence-corrected chi connectivity index (χ3v) is 11.7. The van der Waals surface area contributed by atoms with Gasteiger partial charge in [0.25, 0.3) is 0 Å². The highest BCUT2D eigenvalue weighted by Crippen LogP contribution is 2.44. The molecule has 0 atom stereocenters. The van der Waals surface area contributed by atoms with Crippen molar-refractivity contribution in [3.8, 4) is 44.8 Å². The van der Waals surface area contributed by atoms with Crippen molar-refractivity contribution in [2.75, 3.05) is 0 Å². The van der Waals surface area contributed by atoms with Crippen molar-refractivity contribution in [2.24, 2.45) is 0 Å². The molecular weight excluding hydrogens is 693 g/mol. The fourth-order valence-corrected chi connectivity index (χ4v) is 9.12. The summed E-state index contributed by atoms with van der Waals surface area (Å²) < 4.78 is 11.9. The van der Waals surface area contributed by atoms with E-state index in [1.54, 1.807) is 0 Å². The Morgan fingerprint density at radius 3 is 1.26 bits per heavy atom. The fourth-order valence-electron chi connectivity index (χ4n) is 9.12. The van der Waals surface area contributed by atoms with Crippen molar-refractivity contribution in [1.29, 1.82) is 0 Å². The van der Waals surface area contributed by atoms with Crippen molar-refractivity contribution in [2.45, 2.75) is 0 Å². The van der Waals surface area contributed by atoms with E-state index in [1.807, 2.05) is 0 Å². The average molecular weight is 727 g/mol. The highest BCUT2D eigenvalue weighted by molar-refractivity contribution is 6.18. The Labute approximate surface area is 328 Å². The Kier molecular flexibility index (Phi) is 6.93. The number of nitrogens with zero attached hydrogens (tertiary/aromatic N) is 2. The Hall–Kier alpha value is -7.62. The summed E-state index contributed by atoms with van der Waals surface area (Å²) in [5.41, 5.74) is 15.6. The van der Waals surface area contributed by atoms with Gasteiger partial charge in [-0.2, -0.15) is 0 Å². The second-order valence-corrected chi connectivity index (χ2v) is 14.9. The molecule has 0 fully saturated rings. The predicted molar refractivity (Wildman–Crippen MR) is 239 cm³/mol. The van der Waals surface area contributed by atoms with Gasteiger partial charge in [-0.05, 0) is 88.0 Å². The van der Waals surface area contributed by atoms with Gasteiger partial charge >= 0.3 is 0 Å². The molecule has 0 aliphatic rings. The Morgan fingerprint density at radius 1 is 0.281 bits per heavy atom. The largest absolute Gasteiger partial charge is 0.454 e. The maximum atomic E-state index is 7.07. The van der Waals surface area contributed by atoms with Gasteiger partial charge in [0.15, 0.2) is 5.58 Å². The first-order valence-electron chi connectivity index (χ1n) is 19.5. The molecule has 0 saturated heterocycles. The van der Waals surface area contributed by atoms with Gasteiger partial charge in [0, 0.05) is 26.9 Å². The average Bonchev–Trinajstić information content (AvgIpc) is 3.95. The van der Waals surface area contributed by atoms with Crippen molar-refractivity contribution < 1.29 is 4.42 Å². The van der Waals surface area contributed by atoms with Crippen LogP contribution in [0, 0.1) is 0 Å². The summed E-state index contributed by atoms with van der Waals surface area (Å²) in [5, 5.41) is 7.08. The summed E-state index contributed by atoms with van der Waals surface area (Å²) in [6.07, 6.45) is 0. The molecular formula is C54H34N2O. The summed E-state index contributed by atoms with van der Waals surface area (Å²) in [7, 11) is 0. The van der Waals surface area contributed by atoms with Crippen LogP contribution in [0.2, 0.25) is 0 Å². The lowest BCUT2D eigenvalue weighted by Gasteiger charge is -2.14. The zero-order valence-electron chi connectivity index (χ0n) is 30.9. The molecule has 0 spiro atoms. The molecule has 0 amide bonds. The van der Waals surface area contributed by atoms with E-state index in [9.17, 15) is 0 Å². The van der Waals surface area contributed by atoms with Crippen molar-refractivity contribution >= 4 is 65.6 Å². The molecule has 3 aromatic heterocycles. The molecule has 9 aromatic carbocycles. The third kappa shape index (κ3) is 4.86. The van der Waals surface area contributed by atoms with E-state index < -0.39 is 0 Å². The second kappa shape index (κ2) is 12.5. The lowest BCUT2D eigenvalue weighted by atomic mass is 9.96. The maximum Gasteiger partial charge on any atom is 0.161 e. The van der Waals surface area contributed by atoms with E-state index in [4.69, 9.17) is 4.42 Å². The second-order valence-electron chi connectivity index (χ2n) is 14.9. The number of hydrogen-bond donors (Lipinski definition) is 0. The lowest BCUT2D eigenvalue weighted by molar-refractivity contribution is 0.666. The van der Waals surface area contributed by atoms with Crippen molar-refractivity contribution in [3.05, 3.63) is 206 Å². The topological polar surface area (TPSA) is 23.0 Å². The molecule has 12 aromatic rings. The zero-order valence-corrected chi connectivity index (χ0v) is 30.9. The van der Waals surface area contributed by atoms with Crippen LogP contribution in [-0.2, 0) is 0 Å². The number of furan rings is 1. The Morgan fingerprint density at radius 2 is 0.684 bits per heavy atom. The molecule has 0 saturated carbocycles. The highest BCUT2D eigenvalue weighted by atomic mass is 16.3. The van der Waals surface area contributed by atoms with Gasteiger partial charge in [-0.15, -0.1) is 0 Å². The normalized spacial score (nSPS) is 11.9. The van der Waals surface area contributed by atoms with E-state index in [0.717, 1.165) is 55.5 Å². The fraction of sp³-hybridized carbons (Fsp3) is 0. The summed E-state index contributed by atoms with van der Waals surface area (Å²) in [6, 6.07) is 74.3. The van der Waals surface area contributed by atoms with Crippen LogP contribution >= 0.6 is 0 Å². The van der Waals surface area contributed by atoms with Gasteiger partial charge in [0.1, 0.15) is 5.58 Å². The number of hydrogen-bond acceptors (Lipinski definition) is 1. The van der Waals surface area contributed by atoms with E-state index in [-0.39, 0.29) is 0 Å². The summed E-state index contributed by atoms with van der Waals surface area (Å²) >= 11 is 0. The van der Waals surface area contributed by atoms with Gasteiger partial charge in [-0.25, -0.2) is 0 Å². The van der Waals surface area contributed by atoms with Gasteiger partial charge in [-0.1, -0.05) is 152 Å². The smallest absolute Gasteiger partial charge is 0.161 e. The molecule has 0 radical (unpaired) electrons. The van der Waals surface area contributed by atoms with E-state index in [2.05, 4.69) is 215 Å². The van der Waals surface area contributed by atoms with Crippen LogP contribution in [0.3, 0.4) is 0 Å². The van der Waals surface area contributed by atoms with E-state index >= 15 is 0 Å². The molecule has 12 rings (SSSR count). The molecule has 0 aliphatic heterocycles. The van der Waals surface area contributed by atoms with Crippen LogP contribution in [0.5, 0.6) is 0 Å². The van der Waals surface area contributed by atoms with Crippen LogP contribution in [0.1, 0.15) is 0 Å². The van der Waals surface area contributed by atoms with Crippen LogP contribution < -0.4 is 0 Å². The van der Waals surface area contributed by atoms with Crippen molar-refractivity contribution in [1.82, 2.24) is 9.13 Å². The predicted octanol–water partition coefficient (Wildman–Crippen LogP) is 14.8. The Balaban J connectivity index is 1.10. The monoisotopic (exact) mass is 726 g/mol. The minimum absolute atomic E-state index is 0.858. The molecule has 0 unspecified atom stereocenters. The Bertz CT molecular complexity index is 3400. The number of aromatic nitrogens is 2. The quantitative estimate of drug-likeness (QED) is 0.173. The molecule has 0 bridgehead atoms. The van der Waals surface area contributed by atoms with E-state index in [1.165, 1.54) is 54.8 Å². The molecule has 3 nitrogen and oxygen atoms in total. The SMILES string of the molecule is c1ccc(-c2ccc(-c3cccc(-c4ccc5oc6c(-n7c8ccccc8c8ccccc87)ccc(-n7c8ccccc8c8ccccc87)c6c5c4)c3)cc2)cc1. The maximum absolute atomic E-state index is 7.07. The van der Waals surface area contributed by atoms with Gasteiger partial charge in [0.05, 0.1) is 38.8 Å². The lowest BCUT2D eigenvalue weighted by Crippen LogP contribution is -1.99. The number of benzene rings is 9. The van der Waals surface area contributed by atoms with Crippen LogP contribution in [0.25, 0.3) is 110 Å². The third-order valence-electron chi connectivity index (χ3n) is 11.7.